The second kappa shape index (κ2) is 9.82. The minimum atomic E-state index is -0.167. The third-order valence-corrected chi connectivity index (χ3v) is 5.90. The number of benzene rings is 3. The van der Waals surface area contributed by atoms with Gasteiger partial charge in [0.05, 0.1) is 0 Å². The monoisotopic (exact) mass is 443 g/mol. The average molecular weight is 444 g/mol. The molecule has 3 nitrogen and oxygen atoms in total. The summed E-state index contributed by atoms with van der Waals surface area (Å²) >= 11 is 0. The molecule has 3 heteroatoms. The maximum absolute atomic E-state index is 12.7. The molecule has 3 rings (SSSR count). The maximum Gasteiger partial charge on any atom is 0.137 e. The minimum Gasteiger partial charge on any atom is -0.507 e. The number of carbonyl (C=O) groups excluding carboxylic acids is 1. The largest absolute Gasteiger partial charge is 0.507 e. The van der Waals surface area contributed by atoms with Crippen molar-refractivity contribution in [2.75, 3.05) is 5.32 Å². The SMILES string of the molecule is CC(C)(C)c1cc(CCC(=O)Cc2ccc(Nc3ccccc3)cc2)cc(C(C)(C)C)c1O. The third kappa shape index (κ3) is 6.71. The Morgan fingerprint density at radius 3 is 1.79 bits per heavy atom. The predicted molar refractivity (Wildman–Crippen MR) is 139 cm³/mol. The molecule has 0 saturated carbocycles. The van der Waals surface area contributed by atoms with Crippen molar-refractivity contribution in [3.63, 3.8) is 0 Å². The summed E-state index contributed by atoms with van der Waals surface area (Å²) in [5.74, 6) is 0.607. The van der Waals surface area contributed by atoms with Crippen LogP contribution in [0.25, 0.3) is 0 Å². The highest BCUT2D eigenvalue weighted by Crippen LogP contribution is 2.40. The lowest BCUT2D eigenvalue weighted by Gasteiger charge is -2.28. The first-order chi connectivity index (χ1) is 15.4. The summed E-state index contributed by atoms with van der Waals surface area (Å²) < 4.78 is 0. The number of aromatic hydroxyl groups is 1. The Hall–Kier alpha value is -3.07. The molecule has 0 spiro atoms. The van der Waals surface area contributed by atoms with Gasteiger partial charge in [-0.3, -0.25) is 4.79 Å². The van der Waals surface area contributed by atoms with Gasteiger partial charge in [-0.15, -0.1) is 0 Å². The Morgan fingerprint density at radius 1 is 0.758 bits per heavy atom. The van der Waals surface area contributed by atoms with Crippen molar-refractivity contribution in [2.24, 2.45) is 0 Å². The van der Waals surface area contributed by atoms with Crippen LogP contribution < -0.4 is 5.32 Å². The molecular formula is C30H37NO2. The Balaban J connectivity index is 1.66. The molecule has 0 unspecified atom stereocenters. The van der Waals surface area contributed by atoms with Gasteiger partial charge in [0.2, 0.25) is 0 Å². The number of phenolic OH excluding ortho intramolecular Hbond substituents is 1. The number of ketones is 1. The van der Waals surface area contributed by atoms with Crippen LogP contribution in [-0.4, -0.2) is 10.9 Å². The summed E-state index contributed by atoms with van der Waals surface area (Å²) in [7, 11) is 0. The van der Waals surface area contributed by atoms with Gasteiger partial charge in [0.25, 0.3) is 0 Å². The zero-order valence-electron chi connectivity index (χ0n) is 20.8. The van der Waals surface area contributed by atoms with Crippen LogP contribution in [0.1, 0.15) is 70.2 Å². The summed E-state index contributed by atoms with van der Waals surface area (Å²) in [6.07, 6.45) is 1.60. The van der Waals surface area contributed by atoms with Crippen molar-refractivity contribution in [1.82, 2.24) is 0 Å². The van der Waals surface area contributed by atoms with E-state index in [1.807, 2.05) is 54.6 Å². The van der Waals surface area contributed by atoms with Crippen molar-refractivity contribution in [3.05, 3.63) is 89.0 Å². The van der Waals surface area contributed by atoms with E-state index in [0.717, 1.165) is 33.6 Å². The third-order valence-electron chi connectivity index (χ3n) is 5.90. The van der Waals surface area contributed by atoms with Crippen LogP contribution in [0.2, 0.25) is 0 Å². The van der Waals surface area contributed by atoms with Crippen molar-refractivity contribution >= 4 is 17.2 Å². The van der Waals surface area contributed by atoms with Gasteiger partial charge in [0, 0.05) is 24.2 Å². The maximum atomic E-state index is 12.7. The van der Waals surface area contributed by atoms with Crippen LogP contribution in [0.15, 0.2) is 66.7 Å². The molecule has 0 heterocycles. The number of anilines is 2. The summed E-state index contributed by atoms with van der Waals surface area (Å²) in [5.41, 5.74) is 5.73. The molecule has 0 aliphatic rings. The highest BCUT2D eigenvalue weighted by molar-refractivity contribution is 5.81. The fraction of sp³-hybridized carbons (Fsp3) is 0.367. The fourth-order valence-corrected chi connectivity index (χ4v) is 3.98. The fourth-order valence-electron chi connectivity index (χ4n) is 3.98. The van der Waals surface area contributed by atoms with Gasteiger partial charge in [0.1, 0.15) is 11.5 Å². The summed E-state index contributed by atoms with van der Waals surface area (Å²) in [6, 6.07) is 22.2. The number of Topliss-reactive ketones (excluding diaryl/α,β-unsaturated/α-hetero) is 1. The molecule has 0 saturated heterocycles. The Morgan fingerprint density at radius 2 is 1.27 bits per heavy atom. The van der Waals surface area contributed by atoms with Gasteiger partial charge in [-0.05, 0) is 63.8 Å². The molecule has 0 aromatic heterocycles. The van der Waals surface area contributed by atoms with E-state index < -0.39 is 0 Å². The van der Waals surface area contributed by atoms with E-state index >= 15 is 0 Å². The van der Waals surface area contributed by atoms with Gasteiger partial charge < -0.3 is 10.4 Å². The second-order valence-corrected chi connectivity index (χ2v) is 10.9. The molecule has 0 amide bonds. The van der Waals surface area contributed by atoms with Crippen LogP contribution in [-0.2, 0) is 28.5 Å². The van der Waals surface area contributed by atoms with Gasteiger partial charge in [0.15, 0.2) is 0 Å². The van der Waals surface area contributed by atoms with E-state index in [0.29, 0.717) is 25.0 Å². The van der Waals surface area contributed by atoms with E-state index in [1.54, 1.807) is 0 Å². The smallest absolute Gasteiger partial charge is 0.137 e. The number of hydrogen-bond donors (Lipinski definition) is 2. The quantitative estimate of drug-likeness (QED) is 0.398. The van der Waals surface area contributed by atoms with Gasteiger partial charge >= 0.3 is 0 Å². The number of carbonyl (C=O) groups is 1. The minimum absolute atomic E-state index is 0.167. The van der Waals surface area contributed by atoms with Crippen LogP contribution in [0, 0.1) is 0 Å². The Labute approximate surface area is 198 Å². The summed E-state index contributed by atoms with van der Waals surface area (Å²) in [6.45, 7) is 12.7. The number of para-hydroxylation sites is 1. The van der Waals surface area contributed by atoms with Gasteiger partial charge in [-0.1, -0.05) is 84.0 Å². The predicted octanol–water partition coefficient (Wildman–Crippen LogP) is 7.48. The lowest BCUT2D eigenvalue weighted by molar-refractivity contribution is -0.118. The topological polar surface area (TPSA) is 49.3 Å². The zero-order valence-corrected chi connectivity index (χ0v) is 20.8. The Kier molecular flexibility index (Phi) is 7.31. The molecule has 0 radical (unpaired) electrons. The molecule has 0 atom stereocenters. The number of aryl methyl sites for hydroxylation is 1. The van der Waals surface area contributed by atoms with E-state index in [4.69, 9.17) is 0 Å². The van der Waals surface area contributed by atoms with E-state index in [2.05, 4.69) is 59.0 Å². The molecular weight excluding hydrogens is 406 g/mol. The van der Waals surface area contributed by atoms with Crippen LogP contribution in [0.4, 0.5) is 11.4 Å². The van der Waals surface area contributed by atoms with E-state index in [9.17, 15) is 9.90 Å². The van der Waals surface area contributed by atoms with Crippen molar-refractivity contribution < 1.29 is 9.90 Å². The molecule has 0 aliphatic heterocycles. The van der Waals surface area contributed by atoms with Crippen molar-refractivity contribution in [2.45, 2.75) is 71.6 Å². The molecule has 3 aromatic carbocycles. The van der Waals surface area contributed by atoms with E-state index in [-0.39, 0.29) is 16.6 Å². The molecule has 0 fully saturated rings. The lowest BCUT2D eigenvalue weighted by atomic mass is 9.78. The van der Waals surface area contributed by atoms with Gasteiger partial charge in [-0.2, -0.15) is 0 Å². The zero-order chi connectivity index (χ0) is 24.2. The molecule has 33 heavy (non-hydrogen) atoms. The van der Waals surface area contributed by atoms with Crippen LogP contribution >= 0.6 is 0 Å². The highest BCUT2D eigenvalue weighted by Gasteiger charge is 2.26. The first-order valence-corrected chi connectivity index (χ1v) is 11.7. The molecule has 3 aromatic rings. The molecule has 174 valence electrons. The van der Waals surface area contributed by atoms with Crippen molar-refractivity contribution in [1.29, 1.82) is 0 Å². The van der Waals surface area contributed by atoms with Gasteiger partial charge in [-0.25, -0.2) is 0 Å². The first kappa shape index (κ1) is 24.6. The number of nitrogens with one attached hydrogen (secondary N) is 1. The second-order valence-electron chi connectivity index (χ2n) is 10.9. The number of phenols is 1. The van der Waals surface area contributed by atoms with Crippen LogP contribution in [0.3, 0.4) is 0 Å². The lowest BCUT2D eigenvalue weighted by Crippen LogP contribution is -2.18. The number of rotatable bonds is 7. The summed E-state index contributed by atoms with van der Waals surface area (Å²) in [5, 5.41) is 14.3. The van der Waals surface area contributed by atoms with Crippen LogP contribution in [0.5, 0.6) is 5.75 Å². The number of hydrogen-bond acceptors (Lipinski definition) is 3. The van der Waals surface area contributed by atoms with Crippen molar-refractivity contribution in [3.8, 4) is 5.75 Å². The first-order valence-electron chi connectivity index (χ1n) is 11.7. The van der Waals surface area contributed by atoms with E-state index in [1.165, 1.54) is 0 Å². The molecule has 0 bridgehead atoms. The average Bonchev–Trinajstić information content (AvgIpc) is 2.73. The summed E-state index contributed by atoms with van der Waals surface area (Å²) in [4.78, 5) is 12.7. The molecule has 0 aliphatic carbocycles. The standard InChI is InChI=1S/C30H37NO2/c1-29(2,3)26-19-22(20-27(28(26)33)30(4,5)6)14-17-25(32)18-21-12-15-24(16-13-21)31-23-10-8-7-9-11-23/h7-13,15-16,19-20,31,33H,14,17-18H2,1-6H3. The Bertz CT molecular complexity index is 1050. The highest BCUT2D eigenvalue weighted by atomic mass is 16.3. The molecule has 2 N–H and O–H groups in total. The normalized spacial score (nSPS) is 11.9.